The lowest BCUT2D eigenvalue weighted by molar-refractivity contribution is -0.137. The van der Waals surface area contributed by atoms with E-state index in [1.165, 1.54) is 12.1 Å². The number of aromatic nitrogens is 2. The predicted octanol–water partition coefficient (Wildman–Crippen LogP) is 2.30. The van der Waals surface area contributed by atoms with Crippen molar-refractivity contribution in [1.82, 2.24) is 14.5 Å². The van der Waals surface area contributed by atoms with Gasteiger partial charge in [-0.05, 0) is 36.6 Å². The van der Waals surface area contributed by atoms with Gasteiger partial charge in [0.15, 0.2) is 0 Å². The topological polar surface area (TPSA) is 67.2 Å². The van der Waals surface area contributed by atoms with Crippen LogP contribution in [0.3, 0.4) is 0 Å². The van der Waals surface area contributed by atoms with Crippen LogP contribution in [0.25, 0.3) is 0 Å². The highest BCUT2D eigenvalue weighted by atomic mass is 32.2. The van der Waals surface area contributed by atoms with Crippen LogP contribution in [0.4, 0.5) is 24.5 Å². The number of aryl methyl sites for hydroxylation is 1. The fraction of sp³-hybridized carbons (Fsp3) is 0.438. The summed E-state index contributed by atoms with van der Waals surface area (Å²) < 4.78 is 65.3. The van der Waals surface area contributed by atoms with E-state index in [4.69, 9.17) is 0 Å². The third-order valence-electron chi connectivity index (χ3n) is 4.39. The van der Waals surface area contributed by atoms with Crippen LogP contribution in [0.5, 0.6) is 0 Å². The largest absolute Gasteiger partial charge is 0.416 e. The summed E-state index contributed by atoms with van der Waals surface area (Å²) in [4.78, 5) is 1.88. The van der Waals surface area contributed by atoms with E-state index in [2.05, 4.69) is 9.82 Å². The summed E-state index contributed by atoms with van der Waals surface area (Å²) in [6, 6.07) is 4.94. The summed E-state index contributed by atoms with van der Waals surface area (Å²) in [5.74, 6) is -0.0325. The Morgan fingerprint density at radius 2 is 1.92 bits per heavy atom. The van der Waals surface area contributed by atoms with Crippen LogP contribution < -0.4 is 9.62 Å². The van der Waals surface area contributed by atoms with Crippen LogP contribution in [0.1, 0.15) is 11.3 Å². The first-order chi connectivity index (χ1) is 12.0. The highest BCUT2D eigenvalue weighted by Gasteiger charge is 2.32. The molecule has 1 aromatic carbocycles. The Hall–Kier alpha value is -2.07. The zero-order valence-electron chi connectivity index (χ0n) is 14.3. The number of hydrogen-bond donors (Lipinski definition) is 1. The zero-order valence-corrected chi connectivity index (χ0v) is 15.1. The number of hydrogen-bond acceptors (Lipinski definition) is 4. The normalized spacial score (nSPS) is 18.0. The summed E-state index contributed by atoms with van der Waals surface area (Å²) in [5.41, 5.74) is 1.63. The first kappa shape index (κ1) is 18.7. The van der Waals surface area contributed by atoms with E-state index in [1.807, 2.05) is 4.90 Å². The van der Waals surface area contributed by atoms with E-state index in [0.29, 0.717) is 18.7 Å². The van der Waals surface area contributed by atoms with Gasteiger partial charge in [0.25, 0.3) is 0 Å². The zero-order chi connectivity index (χ0) is 19.1. The molecule has 0 aliphatic carbocycles. The van der Waals surface area contributed by atoms with E-state index in [9.17, 15) is 21.6 Å². The molecule has 6 nitrogen and oxygen atoms in total. The second-order valence-electron chi connectivity index (χ2n) is 6.45. The third-order valence-corrected chi connectivity index (χ3v) is 5.08. The molecule has 0 amide bonds. The van der Waals surface area contributed by atoms with Crippen molar-refractivity contribution in [3.8, 4) is 0 Å². The Morgan fingerprint density at radius 1 is 1.27 bits per heavy atom. The first-order valence-electron chi connectivity index (χ1n) is 7.95. The van der Waals surface area contributed by atoms with Crippen LogP contribution >= 0.6 is 0 Å². The summed E-state index contributed by atoms with van der Waals surface area (Å²) in [6.07, 6.45) is -0.987. The molecule has 0 saturated carbocycles. The molecule has 142 valence electrons. The van der Waals surface area contributed by atoms with Gasteiger partial charge in [-0.3, -0.25) is 4.68 Å². The fourth-order valence-electron chi connectivity index (χ4n) is 3.09. The van der Waals surface area contributed by atoms with Crippen molar-refractivity contribution in [2.75, 3.05) is 24.2 Å². The van der Waals surface area contributed by atoms with Crippen LogP contribution in [0.2, 0.25) is 0 Å². The number of nitrogens with zero attached hydrogens (tertiary/aromatic N) is 3. The van der Waals surface area contributed by atoms with Gasteiger partial charge in [0, 0.05) is 25.8 Å². The maximum Gasteiger partial charge on any atom is 0.416 e. The van der Waals surface area contributed by atoms with Crippen molar-refractivity contribution in [1.29, 1.82) is 0 Å². The van der Waals surface area contributed by atoms with Crippen LogP contribution in [-0.2, 0) is 29.7 Å². The van der Waals surface area contributed by atoms with Crippen LogP contribution in [0, 0.1) is 5.92 Å². The lowest BCUT2D eigenvalue weighted by Crippen LogP contribution is -2.39. The second-order valence-corrected chi connectivity index (χ2v) is 8.28. The molecule has 26 heavy (non-hydrogen) atoms. The molecule has 0 spiro atoms. The molecular formula is C16H19F3N4O2S. The number of alkyl halides is 3. The number of nitrogens with one attached hydrogen (secondary N) is 1. The molecule has 0 bridgehead atoms. The van der Waals surface area contributed by atoms with Crippen molar-refractivity contribution in [3.05, 3.63) is 41.7 Å². The molecule has 0 fully saturated rings. The Labute approximate surface area is 149 Å². The minimum absolute atomic E-state index is 0.0325. The minimum Gasteiger partial charge on any atom is -0.338 e. The molecule has 3 rings (SSSR count). The Balaban J connectivity index is 1.89. The summed E-state index contributed by atoms with van der Waals surface area (Å²) in [5, 5.41) is 4.23. The van der Waals surface area contributed by atoms with Crippen molar-refractivity contribution in [3.63, 3.8) is 0 Å². The second kappa shape index (κ2) is 6.58. The molecule has 1 aliphatic rings. The molecule has 1 aliphatic heterocycles. The van der Waals surface area contributed by atoms with E-state index in [1.54, 1.807) is 17.9 Å². The smallest absolute Gasteiger partial charge is 0.338 e. The molecular weight excluding hydrogens is 369 g/mol. The summed E-state index contributed by atoms with van der Waals surface area (Å²) in [7, 11) is -1.53. The van der Waals surface area contributed by atoms with Gasteiger partial charge < -0.3 is 4.90 Å². The average Bonchev–Trinajstić information content (AvgIpc) is 2.92. The number of sulfonamides is 1. The molecule has 1 unspecified atom stereocenters. The Bertz CT molecular complexity index is 891. The molecule has 1 atom stereocenters. The van der Waals surface area contributed by atoms with E-state index >= 15 is 0 Å². The van der Waals surface area contributed by atoms with Gasteiger partial charge in [0.05, 0.1) is 29.4 Å². The minimum atomic E-state index is -4.39. The summed E-state index contributed by atoms with van der Waals surface area (Å²) >= 11 is 0. The van der Waals surface area contributed by atoms with Gasteiger partial charge in [-0.2, -0.15) is 18.3 Å². The van der Waals surface area contributed by atoms with Gasteiger partial charge in [-0.1, -0.05) is 0 Å². The maximum atomic E-state index is 12.8. The van der Waals surface area contributed by atoms with Gasteiger partial charge in [-0.15, -0.1) is 0 Å². The first-order valence-corrected chi connectivity index (χ1v) is 9.84. The van der Waals surface area contributed by atoms with E-state index in [-0.39, 0.29) is 12.5 Å². The highest BCUT2D eigenvalue weighted by molar-refractivity contribution is 7.88. The Morgan fingerprint density at radius 3 is 2.50 bits per heavy atom. The van der Waals surface area contributed by atoms with E-state index in [0.717, 1.165) is 29.8 Å². The SMILES string of the molecule is Cn1ncc2c1CC(CNS(C)(=O)=O)CN2c1ccc(C(F)(F)F)cc1. The number of rotatable bonds is 4. The molecule has 2 heterocycles. The standard InChI is InChI=1S/C16H19F3N4O2S/c1-22-14-7-11(8-21-26(2,24)25)10-23(15(14)9-20-22)13-5-3-12(4-6-13)16(17,18)19/h3-6,9,11,21H,7-8,10H2,1-2H3. The molecule has 1 N–H and O–H groups in total. The molecule has 1 aromatic heterocycles. The van der Waals surface area contributed by atoms with Gasteiger partial charge >= 0.3 is 6.18 Å². The average molecular weight is 388 g/mol. The number of benzene rings is 1. The fourth-order valence-corrected chi connectivity index (χ4v) is 3.63. The number of anilines is 2. The lowest BCUT2D eigenvalue weighted by Gasteiger charge is -2.34. The third kappa shape index (κ3) is 4.01. The number of halogens is 3. The maximum absolute atomic E-state index is 12.8. The van der Waals surface area contributed by atoms with Crippen molar-refractivity contribution >= 4 is 21.4 Å². The van der Waals surface area contributed by atoms with E-state index < -0.39 is 21.8 Å². The van der Waals surface area contributed by atoms with Gasteiger partial charge in [0.2, 0.25) is 10.0 Å². The highest BCUT2D eigenvalue weighted by Crippen LogP contribution is 2.37. The van der Waals surface area contributed by atoms with Gasteiger partial charge in [0.1, 0.15) is 0 Å². The molecule has 0 saturated heterocycles. The van der Waals surface area contributed by atoms with Crippen LogP contribution in [-0.4, -0.2) is 37.5 Å². The monoisotopic (exact) mass is 388 g/mol. The number of fused-ring (bicyclic) bond motifs is 1. The molecule has 10 heteroatoms. The molecule has 2 aromatic rings. The molecule has 0 radical (unpaired) electrons. The summed E-state index contributed by atoms with van der Waals surface area (Å²) in [6.45, 7) is 0.729. The Kier molecular flexibility index (Phi) is 4.74. The van der Waals surface area contributed by atoms with Crippen LogP contribution in [0.15, 0.2) is 30.5 Å². The lowest BCUT2D eigenvalue weighted by atomic mass is 9.96. The van der Waals surface area contributed by atoms with Crippen molar-refractivity contribution in [2.45, 2.75) is 12.6 Å². The van der Waals surface area contributed by atoms with Gasteiger partial charge in [-0.25, -0.2) is 13.1 Å². The predicted molar refractivity (Wildman–Crippen MR) is 91.7 cm³/mol. The van der Waals surface area contributed by atoms with Crippen molar-refractivity contribution in [2.24, 2.45) is 13.0 Å². The quantitative estimate of drug-likeness (QED) is 0.873. The van der Waals surface area contributed by atoms with Crippen molar-refractivity contribution < 1.29 is 21.6 Å².